The standard InChI is InChI=1S/C13H23N3O/c1-12(15(2)9-7-8-14)13(17)16-10-5-3-4-6-11-16/h12H,3-7,9-11H2,1-2H3/t12-/m0/s1. The largest absolute Gasteiger partial charge is 0.341 e. The number of amides is 1. The molecular weight excluding hydrogens is 214 g/mol. The lowest BCUT2D eigenvalue weighted by molar-refractivity contribution is -0.135. The maximum Gasteiger partial charge on any atom is 0.239 e. The topological polar surface area (TPSA) is 47.3 Å². The molecule has 1 amide bonds. The van der Waals surface area contributed by atoms with Gasteiger partial charge in [0, 0.05) is 26.1 Å². The van der Waals surface area contributed by atoms with Crippen LogP contribution in [-0.2, 0) is 4.79 Å². The van der Waals surface area contributed by atoms with Crippen LogP contribution >= 0.6 is 0 Å². The molecule has 96 valence electrons. The van der Waals surface area contributed by atoms with E-state index in [1.807, 2.05) is 23.8 Å². The minimum atomic E-state index is -0.110. The van der Waals surface area contributed by atoms with Gasteiger partial charge >= 0.3 is 0 Å². The highest BCUT2D eigenvalue weighted by atomic mass is 16.2. The van der Waals surface area contributed by atoms with Gasteiger partial charge < -0.3 is 4.90 Å². The maximum absolute atomic E-state index is 12.3. The number of hydrogen-bond acceptors (Lipinski definition) is 3. The fraction of sp³-hybridized carbons (Fsp3) is 0.846. The predicted octanol–water partition coefficient (Wildman–Crippen LogP) is 1.62. The van der Waals surface area contributed by atoms with Gasteiger partial charge in [0.05, 0.1) is 12.1 Å². The molecule has 0 aliphatic carbocycles. The summed E-state index contributed by atoms with van der Waals surface area (Å²) in [5, 5.41) is 8.55. The molecule has 0 saturated carbocycles. The van der Waals surface area contributed by atoms with Crippen molar-refractivity contribution in [2.75, 3.05) is 26.7 Å². The summed E-state index contributed by atoms with van der Waals surface area (Å²) in [4.78, 5) is 16.2. The third-order valence-electron chi connectivity index (χ3n) is 3.51. The Bertz CT molecular complexity index is 277. The Morgan fingerprint density at radius 2 is 1.94 bits per heavy atom. The Morgan fingerprint density at radius 3 is 2.47 bits per heavy atom. The first kappa shape index (κ1) is 14.0. The number of nitriles is 1. The third-order valence-corrected chi connectivity index (χ3v) is 3.51. The van der Waals surface area contributed by atoms with Crippen LogP contribution in [0.25, 0.3) is 0 Å². The van der Waals surface area contributed by atoms with Crippen molar-refractivity contribution in [3.63, 3.8) is 0 Å². The molecule has 1 fully saturated rings. The highest BCUT2D eigenvalue weighted by molar-refractivity contribution is 5.81. The van der Waals surface area contributed by atoms with Gasteiger partial charge in [-0.05, 0) is 26.8 Å². The van der Waals surface area contributed by atoms with E-state index in [2.05, 4.69) is 6.07 Å². The second kappa shape index (κ2) is 7.29. The molecule has 4 heteroatoms. The van der Waals surface area contributed by atoms with Gasteiger partial charge in [0.25, 0.3) is 0 Å². The third kappa shape index (κ3) is 4.35. The van der Waals surface area contributed by atoms with Crippen LogP contribution in [0.15, 0.2) is 0 Å². The Morgan fingerprint density at radius 1 is 1.35 bits per heavy atom. The first-order valence-electron chi connectivity index (χ1n) is 6.53. The number of nitrogens with zero attached hydrogens (tertiary/aromatic N) is 3. The average Bonchev–Trinajstić information content (AvgIpc) is 2.62. The zero-order valence-electron chi connectivity index (χ0n) is 11.0. The van der Waals surface area contributed by atoms with Crippen LogP contribution < -0.4 is 0 Å². The van der Waals surface area contributed by atoms with E-state index in [1.165, 1.54) is 12.8 Å². The SMILES string of the molecule is C[C@@H](C(=O)N1CCCCCC1)N(C)CCC#N. The summed E-state index contributed by atoms with van der Waals surface area (Å²) < 4.78 is 0. The molecule has 0 radical (unpaired) electrons. The van der Waals surface area contributed by atoms with Gasteiger partial charge in [-0.3, -0.25) is 9.69 Å². The number of hydrogen-bond donors (Lipinski definition) is 0. The minimum Gasteiger partial charge on any atom is -0.341 e. The van der Waals surface area contributed by atoms with Crippen LogP contribution in [0.5, 0.6) is 0 Å². The van der Waals surface area contributed by atoms with Crippen molar-refractivity contribution in [1.29, 1.82) is 5.26 Å². The van der Waals surface area contributed by atoms with Gasteiger partial charge in [-0.15, -0.1) is 0 Å². The van der Waals surface area contributed by atoms with E-state index < -0.39 is 0 Å². The van der Waals surface area contributed by atoms with Gasteiger partial charge in [-0.2, -0.15) is 5.26 Å². The lowest BCUT2D eigenvalue weighted by Crippen LogP contribution is -2.46. The molecular formula is C13H23N3O. The lowest BCUT2D eigenvalue weighted by atomic mass is 10.2. The molecule has 0 N–H and O–H groups in total. The van der Waals surface area contributed by atoms with E-state index >= 15 is 0 Å². The number of carbonyl (C=O) groups excluding carboxylic acids is 1. The Hall–Kier alpha value is -1.08. The van der Waals surface area contributed by atoms with Gasteiger partial charge in [-0.1, -0.05) is 12.8 Å². The molecule has 17 heavy (non-hydrogen) atoms. The van der Waals surface area contributed by atoms with E-state index in [9.17, 15) is 4.79 Å². The van der Waals surface area contributed by atoms with Crippen molar-refractivity contribution in [3.8, 4) is 6.07 Å². The Labute approximate surface area is 104 Å². The van der Waals surface area contributed by atoms with E-state index in [0.29, 0.717) is 13.0 Å². The molecule has 1 rings (SSSR count). The number of rotatable bonds is 4. The van der Waals surface area contributed by atoms with E-state index in [4.69, 9.17) is 5.26 Å². The van der Waals surface area contributed by atoms with Crippen LogP contribution in [0, 0.1) is 11.3 Å². The number of carbonyl (C=O) groups is 1. The average molecular weight is 237 g/mol. The zero-order valence-corrected chi connectivity index (χ0v) is 11.0. The predicted molar refractivity (Wildman–Crippen MR) is 67.4 cm³/mol. The van der Waals surface area contributed by atoms with Gasteiger partial charge in [0.15, 0.2) is 0 Å². The lowest BCUT2D eigenvalue weighted by Gasteiger charge is -2.29. The van der Waals surface area contributed by atoms with Gasteiger partial charge in [-0.25, -0.2) is 0 Å². The summed E-state index contributed by atoms with van der Waals surface area (Å²) in [5.41, 5.74) is 0. The van der Waals surface area contributed by atoms with Crippen molar-refractivity contribution in [1.82, 2.24) is 9.80 Å². The molecule has 0 bridgehead atoms. The summed E-state index contributed by atoms with van der Waals surface area (Å²) in [7, 11) is 1.91. The van der Waals surface area contributed by atoms with Crippen LogP contribution in [0.3, 0.4) is 0 Å². The van der Waals surface area contributed by atoms with Gasteiger partial charge in [0.1, 0.15) is 0 Å². The first-order valence-corrected chi connectivity index (χ1v) is 6.53. The van der Waals surface area contributed by atoms with Crippen LogP contribution in [0.4, 0.5) is 0 Å². The second-order valence-corrected chi connectivity index (χ2v) is 4.80. The van der Waals surface area contributed by atoms with Crippen molar-refractivity contribution in [2.45, 2.75) is 45.1 Å². The van der Waals surface area contributed by atoms with Crippen molar-refractivity contribution >= 4 is 5.91 Å². The zero-order chi connectivity index (χ0) is 12.7. The molecule has 0 spiro atoms. The number of likely N-dealkylation sites (tertiary alicyclic amines) is 1. The van der Waals surface area contributed by atoms with Crippen LogP contribution in [0.2, 0.25) is 0 Å². The molecule has 0 aromatic carbocycles. The maximum atomic E-state index is 12.3. The summed E-state index contributed by atoms with van der Waals surface area (Å²) in [6, 6.07) is 2.01. The van der Waals surface area contributed by atoms with E-state index in [0.717, 1.165) is 25.9 Å². The molecule has 4 nitrogen and oxygen atoms in total. The fourth-order valence-electron chi connectivity index (χ4n) is 2.16. The van der Waals surface area contributed by atoms with E-state index in [-0.39, 0.29) is 11.9 Å². The molecule has 1 atom stereocenters. The van der Waals surface area contributed by atoms with Crippen LogP contribution in [-0.4, -0.2) is 48.4 Å². The summed E-state index contributed by atoms with van der Waals surface area (Å²) in [5.74, 6) is 0.215. The summed E-state index contributed by atoms with van der Waals surface area (Å²) in [6.45, 7) is 4.40. The quantitative estimate of drug-likeness (QED) is 0.746. The molecule has 1 heterocycles. The van der Waals surface area contributed by atoms with Gasteiger partial charge in [0.2, 0.25) is 5.91 Å². The van der Waals surface area contributed by atoms with Crippen molar-refractivity contribution in [2.24, 2.45) is 0 Å². The second-order valence-electron chi connectivity index (χ2n) is 4.80. The van der Waals surface area contributed by atoms with E-state index in [1.54, 1.807) is 0 Å². The molecule has 1 saturated heterocycles. The molecule has 0 aromatic heterocycles. The first-order chi connectivity index (χ1) is 8.16. The molecule has 0 unspecified atom stereocenters. The monoisotopic (exact) mass is 237 g/mol. The fourth-order valence-corrected chi connectivity index (χ4v) is 2.16. The highest BCUT2D eigenvalue weighted by Crippen LogP contribution is 2.12. The summed E-state index contributed by atoms with van der Waals surface area (Å²) >= 11 is 0. The normalized spacial score (nSPS) is 18.6. The molecule has 0 aromatic rings. The highest BCUT2D eigenvalue weighted by Gasteiger charge is 2.23. The van der Waals surface area contributed by atoms with Crippen LogP contribution in [0.1, 0.15) is 39.0 Å². The molecule has 1 aliphatic rings. The summed E-state index contributed by atoms with van der Waals surface area (Å²) in [6.07, 6.45) is 5.21. The Kier molecular flexibility index (Phi) is 5.99. The Balaban J connectivity index is 2.46. The molecule has 1 aliphatic heterocycles. The van der Waals surface area contributed by atoms with Crippen molar-refractivity contribution in [3.05, 3.63) is 0 Å². The number of likely N-dealkylation sites (N-methyl/N-ethyl adjacent to an activating group) is 1. The minimum absolute atomic E-state index is 0.110. The smallest absolute Gasteiger partial charge is 0.239 e. The van der Waals surface area contributed by atoms with Crippen molar-refractivity contribution < 1.29 is 4.79 Å².